The van der Waals surface area contributed by atoms with E-state index in [0.29, 0.717) is 6.61 Å². The smallest absolute Gasteiger partial charge is 0.333 e. The molecule has 0 aliphatic rings. The lowest BCUT2D eigenvalue weighted by Gasteiger charge is -2.24. The van der Waals surface area contributed by atoms with E-state index in [1.165, 1.54) is 0 Å². The van der Waals surface area contributed by atoms with E-state index in [1.807, 2.05) is 30.3 Å². The van der Waals surface area contributed by atoms with E-state index in [4.69, 9.17) is 13.8 Å². The van der Waals surface area contributed by atoms with Crippen LogP contribution in [-0.2, 0) is 25.0 Å². The molecule has 2 atom stereocenters. The van der Waals surface area contributed by atoms with Gasteiger partial charge in [-0.15, -0.1) is 0 Å². The van der Waals surface area contributed by atoms with Crippen molar-refractivity contribution in [2.45, 2.75) is 39.6 Å². The highest BCUT2D eigenvalue weighted by molar-refractivity contribution is 7.53. The summed E-state index contributed by atoms with van der Waals surface area (Å²) >= 11 is 0. The second-order valence-corrected chi connectivity index (χ2v) is 6.80. The summed E-state index contributed by atoms with van der Waals surface area (Å²) in [5.74, 6) is 0. The minimum absolute atomic E-state index is 0.0648. The van der Waals surface area contributed by atoms with Crippen LogP contribution in [0.3, 0.4) is 0 Å². The highest BCUT2D eigenvalue weighted by atomic mass is 31.2. The SMILES string of the molecule is CCOP(=O)(C[C@H](O)[C@H](C)OCc1ccccc1)OCC. The van der Waals surface area contributed by atoms with Gasteiger partial charge in [0.05, 0.1) is 38.2 Å². The maximum absolute atomic E-state index is 12.3. The summed E-state index contributed by atoms with van der Waals surface area (Å²) in [5, 5.41) is 10.1. The van der Waals surface area contributed by atoms with E-state index < -0.39 is 19.8 Å². The molecule has 1 rings (SSSR count). The van der Waals surface area contributed by atoms with Crippen LogP contribution in [0.1, 0.15) is 26.3 Å². The fourth-order valence-electron chi connectivity index (χ4n) is 1.83. The monoisotopic (exact) mass is 316 g/mol. The lowest BCUT2D eigenvalue weighted by Crippen LogP contribution is -2.30. The number of ether oxygens (including phenoxy) is 1. The topological polar surface area (TPSA) is 65.0 Å². The van der Waals surface area contributed by atoms with E-state index in [-0.39, 0.29) is 19.4 Å². The number of hydrogen-bond donors (Lipinski definition) is 1. The van der Waals surface area contributed by atoms with Crippen molar-refractivity contribution in [1.29, 1.82) is 0 Å². The highest BCUT2D eigenvalue weighted by Gasteiger charge is 2.30. The van der Waals surface area contributed by atoms with E-state index in [0.717, 1.165) is 5.56 Å². The Hall–Kier alpha value is -0.710. The Labute approximate surface area is 126 Å². The van der Waals surface area contributed by atoms with E-state index in [1.54, 1.807) is 20.8 Å². The number of aliphatic hydroxyl groups is 1. The molecule has 0 saturated carbocycles. The van der Waals surface area contributed by atoms with Gasteiger partial charge in [0.25, 0.3) is 0 Å². The standard InChI is InChI=1S/C15H25O5P/c1-4-19-21(17,20-5-2)12-15(16)13(3)18-11-14-9-7-6-8-10-14/h6-10,13,15-16H,4-5,11-12H2,1-3H3/t13-,15-/m0/s1. The predicted molar refractivity (Wildman–Crippen MR) is 82.4 cm³/mol. The van der Waals surface area contributed by atoms with E-state index >= 15 is 0 Å². The highest BCUT2D eigenvalue weighted by Crippen LogP contribution is 2.48. The molecule has 1 aromatic carbocycles. The van der Waals surface area contributed by atoms with Crippen LogP contribution in [0.5, 0.6) is 0 Å². The molecule has 0 aliphatic carbocycles. The first-order valence-corrected chi connectivity index (χ1v) is 8.95. The number of hydrogen-bond acceptors (Lipinski definition) is 5. The normalized spacial score (nSPS) is 14.9. The number of aliphatic hydroxyl groups excluding tert-OH is 1. The summed E-state index contributed by atoms with van der Waals surface area (Å²) in [4.78, 5) is 0. The van der Waals surface area contributed by atoms with Gasteiger partial charge < -0.3 is 18.9 Å². The molecule has 0 amide bonds. The van der Waals surface area contributed by atoms with E-state index in [9.17, 15) is 9.67 Å². The van der Waals surface area contributed by atoms with Crippen molar-refractivity contribution in [3.05, 3.63) is 35.9 Å². The maximum Gasteiger partial charge on any atom is 0.333 e. The number of rotatable bonds is 10. The van der Waals surface area contributed by atoms with Crippen LogP contribution in [-0.4, -0.2) is 36.7 Å². The molecule has 0 aliphatic heterocycles. The van der Waals surface area contributed by atoms with Crippen LogP contribution >= 0.6 is 7.60 Å². The third-order valence-corrected chi connectivity index (χ3v) is 5.08. The molecule has 21 heavy (non-hydrogen) atoms. The Morgan fingerprint density at radius 1 is 1.14 bits per heavy atom. The van der Waals surface area contributed by atoms with Gasteiger partial charge >= 0.3 is 7.60 Å². The Kier molecular flexibility index (Phi) is 8.15. The van der Waals surface area contributed by atoms with Crippen molar-refractivity contribution >= 4 is 7.60 Å². The third kappa shape index (κ3) is 6.72. The van der Waals surface area contributed by atoms with Crippen LogP contribution < -0.4 is 0 Å². The maximum atomic E-state index is 12.3. The molecule has 0 bridgehead atoms. The van der Waals surface area contributed by atoms with Gasteiger partial charge in [-0.1, -0.05) is 30.3 Å². The molecule has 5 nitrogen and oxygen atoms in total. The first-order valence-electron chi connectivity index (χ1n) is 7.22. The molecule has 0 fully saturated rings. The Morgan fingerprint density at radius 2 is 1.71 bits per heavy atom. The molecule has 1 N–H and O–H groups in total. The summed E-state index contributed by atoms with van der Waals surface area (Å²) in [6.07, 6.45) is -1.43. The van der Waals surface area contributed by atoms with Crippen molar-refractivity contribution in [3.8, 4) is 0 Å². The van der Waals surface area contributed by atoms with Crippen molar-refractivity contribution < 1.29 is 23.5 Å². The molecule has 0 spiro atoms. The van der Waals surface area contributed by atoms with Crippen LogP contribution in [0, 0.1) is 0 Å². The lowest BCUT2D eigenvalue weighted by atomic mass is 10.2. The summed E-state index contributed by atoms with van der Waals surface area (Å²) in [7, 11) is -3.25. The average Bonchev–Trinajstić information content (AvgIpc) is 2.46. The van der Waals surface area contributed by atoms with Gasteiger partial charge in [0.1, 0.15) is 0 Å². The van der Waals surface area contributed by atoms with Crippen molar-refractivity contribution in [2.75, 3.05) is 19.4 Å². The molecule has 0 aromatic heterocycles. The van der Waals surface area contributed by atoms with Gasteiger partial charge in [0.2, 0.25) is 0 Å². The van der Waals surface area contributed by atoms with Gasteiger partial charge in [0.15, 0.2) is 0 Å². The largest absolute Gasteiger partial charge is 0.390 e. The second kappa shape index (κ2) is 9.34. The Balaban J connectivity index is 2.49. The molecule has 0 unspecified atom stereocenters. The lowest BCUT2D eigenvalue weighted by molar-refractivity contribution is -0.0277. The average molecular weight is 316 g/mol. The fourth-order valence-corrected chi connectivity index (χ4v) is 3.65. The molecular weight excluding hydrogens is 291 g/mol. The first-order chi connectivity index (χ1) is 10.0. The van der Waals surface area contributed by atoms with Gasteiger partial charge in [-0.25, -0.2) is 0 Å². The van der Waals surface area contributed by atoms with Crippen LogP contribution in [0.25, 0.3) is 0 Å². The van der Waals surface area contributed by atoms with Crippen LogP contribution in [0.4, 0.5) is 0 Å². The third-order valence-electron chi connectivity index (χ3n) is 2.96. The zero-order valence-electron chi connectivity index (χ0n) is 12.9. The predicted octanol–water partition coefficient (Wildman–Crippen LogP) is 3.22. The summed E-state index contributed by atoms with van der Waals surface area (Å²) < 4.78 is 28.3. The van der Waals surface area contributed by atoms with Crippen molar-refractivity contribution in [3.63, 3.8) is 0 Å². The second-order valence-electron chi connectivity index (χ2n) is 4.70. The van der Waals surface area contributed by atoms with Gasteiger partial charge in [-0.2, -0.15) is 0 Å². The fraction of sp³-hybridized carbons (Fsp3) is 0.600. The van der Waals surface area contributed by atoms with Crippen molar-refractivity contribution in [2.24, 2.45) is 0 Å². The zero-order valence-corrected chi connectivity index (χ0v) is 13.8. The summed E-state index contributed by atoms with van der Waals surface area (Å²) in [6, 6.07) is 9.69. The zero-order chi connectivity index (χ0) is 15.7. The molecule has 0 radical (unpaired) electrons. The first kappa shape index (κ1) is 18.3. The quantitative estimate of drug-likeness (QED) is 0.671. The summed E-state index contributed by atoms with van der Waals surface area (Å²) in [6.45, 7) is 6.19. The van der Waals surface area contributed by atoms with Crippen molar-refractivity contribution in [1.82, 2.24) is 0 Å². The van der Waals surface area contributed by atoms with Gasteiger partial charge in [-0.05, 0) is 26.3 Å². The molecule has 6 heteroatoms. The molecule has 0 saturated heterocycles. The van der Waals surface area contributed by atoms with Crippen LogP contribution in [0.15, 0.2) is 30.3 Å². The molecule has 1 aromatic rings. The van der Waals surface area contributed by atoms with Gasteiger partial charge in [-0.3, -0.25) is 4.57 Å². The molecule has 0 heterocycles. The summed E-state index contributed by atoms with van der Waals surface area (Å²) in [5.41, 5.74) is 1.02. The Morgan fingerprint density at radius 3 is 2.24 bits per heavy atom. The minimum atomic E-state index is -3.25. The minimum Gasteiger partial charge on any atom is -0.390 e. The van der Waals surface area contributed by atoms with E-state index in [2.05, 4.69) is 0 Å². The van der Waals surface area contributed by atoms with Gasteiger partial charge in [0, 0.05) is 0 Å². The Bertz CT molecular complexity index is 427. The van der Waals surface area contributed by atoms with Crippen LogP contribution in [0.2, 0.25) is 0 Å². The molecule has 120 valence electrons. The molecular formula is C15H25O5P. The number of benzene rings is 1.